The van der Waals surface area contributed by atoms with Gasteiger partial charge in [-0.2, -0.15) is 4.98 Å². The van der Waals surface area contributed by atoms with Crippen LogP contribution in [-0.4, -0.2) is 31.6 Å². The number of fused-ring (bicyclic) bond motifs is 1. The van der Waals surface area contributed by atoms with Gasteiger partial charge in [-0.15, -0.1) is 5.10 Å². The van der Waals surface area contributed by atoms with Crippen LogP contribution in [0.25, 0.3) is 5.65 Å². The summed E-state index contributed by atoms with van der Waals surface area (Å²) in [7, 11) is 0. The standard InChI is InChI=1S/C9H8N4O3/c1-5(14)10-9-11-7-4-2-3-6(8(15)16)13(7)12-9/h2-4H,1H3,(H,15,16)(H,10,12,14). The van der Waals surface area contributed by atoms with Gasteiger partial charge in [-0.25, -0.2) is 9.31 Å². The van der Waals surface area contributed by atoms with Gasteiger partial charge in [-0.1, -0.05) is 6.07 Å². The van der Waals surface area contributed by atoms with Crippen LogP contribution in [0.3, 0.4) is 0 Å². The first-order chi connectivity index (χ1) is 7.58. The number of carboxylic acid groups (broad SMARTS) is 1. The molecule has 0 aliphatic rings. The molecule has 2 heterocycles. The Labute approximate surface area is 89.7 Å². The van der Waals surface area contributed by atoms with Crippen LogP contribution in [0.15, 0.2) is 18.2 Å². The van der Waals surface area contributed by atoms with Gasteiger partial charge >= 0.3 is 5.97 Å². The molecule has 0 fully saturated rings. The fourth-order valence-electron chi connectivity index (χ4n) is 1.28. The average molecular weight is 220 g/mol. The number of aromatic carboxylic acids is 1. The Hall–Kier alpha value is -2.44. The zero-order valence-corrected chi connectivity index (χ0v) is 8.34. The van der Waals surface area contributed by atoms with E-state index >= 15 is 0 Å². The maximum absolute atomic E-state index is 10.9. The van der Waals surface area contributed by atoms with Crippen molar-refractivity contribution in [1.29, 1.82) is 0 Å². The predicted molar refractivity (Wildman–Crippen MR) is 54.3 cm³/mol. The molecule has 2 aromatic heterocycles. The predicted octanol–water partition coefficient (Wildman–Crippen LogP) is 0.386. The van der Waals surface area contributed by atoms with Crippen LogP contribution in [-0.2, 0) is 4.79 Å². The lowest BCUT2D eigenvalue weighted by Crippen LogP contribution is -2.08. The molecule has 0 aliphatic heterocycles. The van der Waals surface area contributed by atoms with Crippen molar-refractivity contribution in [2.45, 2.75) is 6.92 Å². The van der Waals surface area contributed by atoms with Crippen LogP contribution in [0, 0.1) is 0 Å². The molecular formula is C9H8N4O3. The molecule has 2 N–H and O–H groups in total. The van der Waals surface area contributed by atoms with E-state index in [0.717, 1.165) is 4.52 Å². The van der Waals surface area contributed by atoms with Gasteiger partial charge in [0.25, 0.3) is 0 Å². The lowest BCUT2D eigenvalue weighted by molar-refractivity contribution is -0.114. The molecule has 0 spiro atoms. The van der Waals surface area contributed by atoms with Gasteiger partial charge in [0, 0.05) is 6.92 Å². The average Bonchev–Trinajstić information content (AvgIpc) is 2.57. The van der Waals surface area contributed by atoms with Crippen LogP contribution < -0.4 is 5.32 Å². The molecular weight excluding hydrogens is 212 g/mol. The Morgan fingerprint density at radius 1 is 1.44 bits per heavy atom. The van der Waals surface area contributed by atoms with Gasteiger partial charge in [-0.05, 0) is 12.1 Å². The first-order valence-corrected chi connectivity index (χ1v) is 4.44. The van der Waals surface area contributed by atoms with Crippen molar-refractivity contribution in [3.05, 3.63) is 23.9 Å². The summed E-state index contributed by atoms with van der Waals surface area (Å²) in [4.78, 5) is 25.6. The third-order valence-electron chi connectivity index (χ3n) is 1.87. The fraction of sp³-hybridized carbons (Fsp3) is 0.111. The molecule has 7 heteroatoms. The van der Waals surface area contributed by atoms with E-state index in [0.29, 0.717) is 5.65 Å². The lowest BCUT2D eigenvalue weighted by Gasteiger charge is -1.96. The fourth-order valence-corrected chi connectivity index (χ4v) is 1.28. The smallest absolute Gasteiger partial charge is 0.354 e. The number of rotatable bonds is 2. The molecule has 0 unspecified atom stereocenters. The summed E-state index contributed by atoms with van der Waals surface area (Å²) < 4.78 is 1.16. The maximum Gasteiger partial charge on any atom is 0.354 e. The highest BCUT2D eigenvalue weighted by Crippen LogP contribution is 2.08. The van der Waals surface area contributed by atoms with Gasteiger partial charge < -0.3 is 5.11 Å². The minimum atomic E-state index is -1.11. The zero-order chi connectivity index (χ0) is 11.7. The second-order valence-electron chi connectivity index (χ2n) is 3.10. The second-order valence-corrected chi connectivity index (χ2v) is 3.10. The third kappa shape index (κ3) is 1.70. The van der Waals surface area contributed by atoms with Crippen molar-refractivity contribution in [3.8, 4) is 0 Å². The first kappa shape index (κ1) is 10.1. The second kappa shape index (κ2) is 3.61. The maximum atomic E-state index is 10.9. The number of carbonyl (C=O) groups is 2. The topological polar surface area (TPSA) is 96.6 Å². The van der Waals surface area contributed by atoms with Crippen LogP contribution >= 0.6 is 0 Å². The van der Waals surface area contributed by atoms with E-state index in [1.165, 1.54) is 13.0 Å². The van der Waals surface area contributed by atoms with E-state index in [1.807, 2.05) is 0 Å². The molecule has 7 nitrogen and oxygen atoms in total. The van der Waals surface area contributed by atoms with Crippen LogP contribution in [0.5, 0.6) is 0 Å². The third-order valence-corrected chi connectivity index (χ3v) is 1.87. The minimum Gasteiger partial charge on any atom is -0.477 e. The highest BCUT2D eigenvalue weighted by Gasteiger charge is 2.12. The number of carbonyl (C=O) groups excluding carboxylic acids is 1. The highest BCUT2D eigenvalue weighted by molar-refractivity contribution is 5.88. The van der Waals surface area contributed by atoms with Gasteiger partial charge in [0.1, 0.15) is 0 Å². The normalized spacial score (nSPS) is 10.3. The number of pyridine rings is 1. The number of nitrogens with one attached hydrogen (secondary N) is 1. The van der Waals surface area contributed by atoms with Gasteiger partial charge in [0.15, 0.2) is 11.3 Å². The summed E-state index contributed by atoms with van der Waals surface area (Å²) in [6.07, 6.45) is 0. The van der Waals surface area contributed by atoms with Crippen molar-refractivity contribution >= 4 is 23.5 Å². The molecule has 0 saturated heterocycles. The van der Waals surface area contributed by atoms with Crippen LogP contribution in [0.1, 0.15) is 17.4 Å². The number of hydrogen-bond donors (Lipinski definition) is 2. The number of aromatic nitrogens is 3. The van der Waals surface area contributed by atoms with E-state index in [4.69, 9.17) is 5.11 Å². The summed E-state index contributed by atoms with van der Waals surface area (Å²) in [5, 5.41) is 15.2. The van der Waals surface area contributed by atoms with Crippen molar-refractivity contribution in [2.24, 2.45) is 0 Å². The van der Waals surface area contributed by atoms with Crippen LogP contribution in [0.4, 0.5) is 5.95 Å². The Morgan fingerprint density at radius 2 is 2.19 bits per heavy atom. The van der Waals surface area contributed by atoms with E-state index in [-0.39, 0.29) is 17.5 Å². The Kier molecular flexibility index (Phi) is 2.28. The molecule has 82 valence electrons. The molecule has 0 aromatic carbocycles. The molecule has 16 heavy (non-hydrogen) atoms. The molecule has 0 bridgehead atoms. The van der Waals surface area contributed by atoms with E-state index < -0.39 is 5.97 Å². The SMILES string of the molecule is CC(=O)Nc1nc2cccc(C(=O)O)n2n1. The van der Waals surface area contributed by atoms with Gasteiger partial charge in [0.2, 0.25) is 11.9 Å². The quantitative estimate of drug-likeness (QED) is 0.762. The van der Waals surface area contributed by atoms with Gasteiger partial charge in [-0.3, -0.25) is 10.1 Å². The summed E-state index contributed by atoms with van der Waals surface area (Å²) >= 11 is 0. The number of amides is 1. The number of anilines is 1. The van der Waals surface area contributed by atoms with Crippen molar-refractivity contribution in [3.63, 3.8) is 0 Å². The molecule has 0 saturated carbocycles. The lowest BCUT2D eigenvalue weighted by atomic mass is 10.3. The summed E-state index contributed by atoms with van der Waals surface area (Å²) in [6.45, 7) is 1.32. The minimum absolute atomic E-state index is 0.0124. The molecule has 2 rings (SSSR count). The van der Waals surface area contributed by atoms with Crippen molar-refractivity contribution in [2.75, 3.05) is 5.32 Å². The zero-order valence-electron chi connectivity index (χ0n) is 8.34. The number of nitrogens with zero attached hydrogens (tertiary/aromatic N) is 3. The summed E-state index contributed by atoms with van der Waals surface area (Å²) in [5.74, 6) is -1.33. The molecule has 2 aromatic rings. The Bertz CT molecular complexity index is 575. The van der Waals surface area contributed by atoms with Crippen molar-refractivity contribution < 1.29 is 14.7 Å². The summed E-state index contributed by atoms with van der Waals surface area (Å²) in [5.41, 5.74) is 0.352. The number of carboxylic acids is 1. The monoisotopic (exact) mass is 220 g/mol. The van der Waals surface area contributed by atoms with E-state index in [9.17, 15) is 9.59 Å². The highest BCUT2D eigenvalue weighted by atomic mass is 16.4. The van der Waals surface area contributed by atoms with E-state index in [2.05, 4.69) is 15.4 Å². The Balaban J connectivity index is 2.56. The summed E-state index contributed by atoms with van der Waals surface area (Å²) in [6, 6.07) is 4.57. The van der Waals surface area contributed by atoms with Gasteiger partial charge in [0.05, 0.1) is 0 Å². The molecule has 0 radical (unpaired) electrons. The van der Waals surface area contributed by atoms with Crippen LogP contribution in [0.2, 0.25) is 0 Å². The number of hydrogen-bond acceptors (Lipinski definition) is 4. The molecule has 0 aliphatic carbocycles. The first-order valence-electron chi connectivity index (χ1n) is 4.44. The van der Waals surface area contributed by atoms with E-state index in [1.54, 1.807) is 12.1 Å². The molecule has 0 atom stereocenters. The largest absolute Gasteiger partial charge is 0.477 e. The molecule has 1 amide bonds. The van der Waals surface area contributed by atoms with Crippen molar-refractivity contribution in [1.82, 2.24) is 14.6 Å². The Morgan fingerprint density at radius 3 is 2.81 bits per heavy atom.